The number of rotatable bonds is 7. The van der Waals surface area contributed by atoms with Gasteiger partial charge in [0.1, 0.15) is 11.2 Å². The van der Waals surface area contributed by atoms with Gasteiger partial charge in [0.25, 0.3) is 0 Å². The highest BCUT2D eigenvalue weighted by Gasteiger charge is 2.22. The van der Waals surface area contributed by atoms with Crippen molar-refractivity contribution in [3.8, 4) is 73.2 Å². The van der Waals surface area contributed by atoms with E-state index in [2.05, 4.69) is 176 Å². The van der Waals surface area contributed by atoms with Gasteiger partial charge in [-0.3, -0.25) is 0 Å². The third kappa shape index (κ3) is 6.45. The molecular formula is C59H40N4O. The van der Waals surface area contributed by atoms with Gasteiger partial charge in [-0.1, -0.05) is 187 Å². The van der Waals surface area contributed by atoms with E-state index in [1.807, 2.05) is 48.5 Å². The average molecular weight is 821 g/mol. The number of fused-ring (bicyclic) bond motifs is 6. The Kier molecular flexibility index (Phi) is 8.87. The van der Waals surface area contributed by atoms with E-state index >= 15 is 0 Å². The molecule has 12 rings (SSSR count). The Hall–Kier alpha value is -8.41. The highest BCUT2D eigenvalue weighted by Crippen LogP contribution is 2.43. The average Bonchev–Trinajstić information content (AvgIpc) is 3.90. The van der Waals surface area contributed by atoms with Gasteiger partial charge in [-0.05, 0) is 72.0 Å². The van der Waals surface area contributed by atoms with Crippen LogP contribution in [-0.2, 0) is 0 Å². The number of furan rings is 1. The van der Waals surface area contributed by atoms with Crippen LogP contribution in [0.4, 0.5) is 0 Å². The van der Waals surface area contributed by atoms with Crippen LogP contribution in [0.25, 0.3) is 117 Å². The maximum atomic E-state index is 6.63. The summed E-state index contributed by atoms with van der Waals surface area (Å²) in [4.78, 5) is 15.8. The Morgan fingerprint density at radius 1 is 0.344 bits per heavy atom. The first-order valence-corrected chi connectivity index (χ1v) is 21.7. The molecule has 0 amide bonds. The van der Waals surface area contributed by atoms with E-state index in [0.717, 1.165) is 99.5 Å². The topological polar surface area (TPSA) is 56.7 Å². The molecule has 0 aliphatic carbocycles. The molecule has 0 fully saturated rings. The van der Waals surface area contributed by atoms with E-state index in [9.17, 15) is 0 Å². The lowest BCUT2D eigenvalue weighted by Crippen LogP contribution is -2.04. The van der Waals surface area contributed by atoms with Crippen LogP contribution in [0.2, 0.25) is 0 Å². The van der Waals surface area contributed by atoms with Gasteiger partial charge in [0.05, 0.1) is 16.7 Å². The summed E-state index contributed by atoms with van der Waals surface area (Å²) < 4.78 is 9.05. The van der Waals surface area contributed by atoms with Gasteiger partial charge in [0.2, 0.25) is 0 Å². The summed E-state index contributed by atoms with van der Waals surface area (Å²) in [6.45, 7) is 4.26. The number of nitrogens with zero attached hydrogens (tertiary/aromatic N) is 4. The molecule has 3 aromatic heterocycles. The summed E-state index contributed by atoms with van der Waals surface area (Å²) in [6.07, 6.45) is 0. The van der Waals surface area contributed by atoms with E-state index in [1.165, 1.54) is 11.1 Å². The molecule has 64 heavy (non-hydrogen) atoms. The van der Waals surface area contributed by atoms with Crippen molar-refractivity contribution in [3.63, 3.8) is 0 Å². The first kappa shape index (κ1) is 37.4. The normalized spacial score (nSPS) is 11.6. The molecule has 0 saturated carbocycles. The maximum absolute atomic E-state index is 6.63. The molecule has 9 aromatic carbocycles. The molecule has 0 radical (unpaired) electrons. The highest BCUT2D eigenvalue weighted by atomic mass is 16.3. The van der Waals surface area contributed by atoms with Crippen LogP contribution < -0.4 is 0 Å². The van der Waals surface area contributed by atoms with Crippen molar-refractivity contribution in [2.75, 3.05) is 0 Å². The summed E-state index contributed by atoms with van der Waals surface area (Å²) in [5.74, 6) is 1.78. The third-order valence-electron chi connectivity index (χ3n) is 12.4. The zero-order valence-corrected chi connectivity index (χ0v) is 35.3. The van der Waals surface area contributed by atoms with Crippen LogP contribution in [-0.4, -0.2) is 19.5 Å². The SMILES string of the molecule is Cc1ccc(-c2ccc3c4ccc(-c5ccc(C)cc5)cc4n(-c4ccc(-c5cccc6c5oc5ccccc56)cc4-c4nc(-c5ccccc5)nc(-c5ccccc5)n4)c3c2)cc1. The number of hydrogen-bond acceptors (Lipinski definition) is 4. The van der Waals surface area contributed by atoms with E-state index in [1.54, 1.807) is 0 Å². The Bertz CT molecular complexity index is 3560. The van der Waals surface area contributed by atoms with Crippen molar-refractivity contribution < 1.29 is 4.42 Å². The van der Waals surface area contributed by atoms with E-state index in [4.69, 9.17) is 19.4 Å². The fraction of sp³-hybridized carbons (Fsp3) is 0.0339. The zero-order valence-electron chi connectivity index (χ0n) is 35.3. The third-order valence-corrected chi connectivity index (χ3v) is 12.4. The smallest absolute Gasteiger partial charge is 0.166 e. The monoisotopic (exact) mass is 820 g/mol. The second-order valence-electron chi connectivity index (χ2n) is 16.6. The Labute approximate surface area is 370 Å². The number of hydrogen-bond donors (Lipinski definition) is 0. The van der Waals surface area contributed by atoms with Crippen LogP contribution >= 0.6 is 0 Å². The second kappa shape index (κ2) is 15.2. The molecule has 5 heteroatoms. The van der Waals surface area contributed by atoms with Crippen LogP contribution in [0.15, 0.2) is 211 Å². The molecule has 302 valence electrons. The quantitative estimate of drug-likeness (QED) is 0.161. The first-order chi connectivity index (χ1) is 31.5. The zero-order chi connectivity index (χ0) is 42.7. The predicted octanol–water partition coefficient (Wildman–Crippen LogP) is 15.5. The fourth-order valence-corrected chi connectivity index (χ4v) is 9.11. The number of para-hydroxylation sites is 2. The lowest BCUT2D eigenvalue weighted by molar-refractivity contribution is 0.670. The van der Waals surface area contributed by atoms with Gasteiger partial charge in [-0.2, -0.15) is 0 Å². The molecule has 0 saturated heterocycles. The molecule has 0 spiro atoms. The predicted molar refractivity (Wildman–Crippen MR) is 264 cm³/mol. The molecule has 0 unspecified atom stereocenters. The van der Waals surface area contributed by atoms with Gasteiger partial charge < -0.3 is 8.98 Å². The summed E-state index contributed by atoms with van der Waals surface area (Å²) in [7, 11) is 0. The summed E-state index contributed by atoms with van der Waals surface area (Å²) in [5, 5.41) is 4.49. The van der Waals surface area contributed by atoms with Crippen molar-refractivity contribution >= 4 is 43.7 Å². The molecular weight excluding hydrogens is 781 g/mol. The maximum Gasteiger partial charge on any atom is 0.166 e. The molecule has 12 aromatic rings. The van der Waals surface area contributed by atoms with E-state index in [0.29, 0.717) is 17.5 Å². The van der Waals surface area contributed by atoms with Gasteiger partial charge in [0, 0.05) is 43.8 Å². The molecule has 0 bridgehead atoms. The Morgan fingerprint density at radius 3 is 1.44 bits per heavy atom. The van der Waals surface area contributed by atoms with Gasteiger partial charge in [-0.15, -0.1) is 0 Å². The van der Waals surface area contributed by atoms with Crippen molar-refractivity contribution in [2.24, 2.45) is 0 Å². The summed E-state index contributed by atoms with van der Waals surface area (Å²) in [5.41, 5.74) is 16.6. The minimum atomic E-state index is 0.570. The van der Waals surface area contributed by atoms with E-state index in [-0.39, 0.29) is 0 Å². The van der Waals surface area contributed by atoms with Crippen molar-refractivity contribution in [1.82, 2.24) is 19.5 Å². The highest BCUT2D eigenvalue weighted by molar-refractivity contribution is 6.12. The van der Waals surface area contributed by atoms with Crippen molar-refractivity contribution in [1.29, 1.82) is 0 Å². The molecule has 0 N–H and O–H groups in total. The number of aromatic nitrogens is 4. The van der Waals surface area contributed by atoms with Crippen LogP contribution in [0, 0.1) is 13.8 Å². The largest absolute Gasteiger partial charge is 0.455 e. The van der Waals surface area contributed by atoms with Gasteiger partial charge in [0.15, 0.2) is 17.5 Å². The van der Waals surface area contributed by atoms with Crippen LogP contribution in [0.3, 0.4) is 0 Å². The summed E-state index contributed by atoms with van der Waals surface area (Å²) in [6, 6.07) is 72.9. The standard InChI is InChI=1S/C59H40N4O/c1-37-20-24-39(25-21-37)43-28-31-47-48-32-29-44(40-26-22-38(2)23-27-40)36-54(48)63(53(47)35-43)52-33-30-45(46-17-11-18-50-49-16-9-10-19-55(49)64-56(46)50)34-51(52)59-61-57(41-12-5-3-6-13-41)60-58(62-59)42-14-7-4-8-15-42/h3-36H,1-2H3. The van der Waals surface area contributed by atoms with E-state index < -0.39 is 0 Å². The van der Waals surface area contributed by atoms with Crippen LogP contribution in [0.1, 0.15) is 11.1 Å². The number of benzene rings is 9. The van der Waals surface area contributed by atoms with Gasteiger partial charge in [-0.25, -0.2) is 15.0 Å². The Morgan fingerprint density at radius 2 is 0.844 bits per heavy atom. The van der Waals surface area contributed by atoms with Gasteiger partial charge >= 0.3 is 0 Å². The molecule has 0 aliphatic heterocycles. The van der Waals surface area contributed by atoms with Crippen molar-refractivity contribution in [2.45, 2.75) is 13.8 Å². The summed E-state index contributed by atoms with van der Waals surface area (Å²) >= 11 is 0. The minimum absolute atomic E-state index is 0.570. The molecule has 3 heterocycles. The lowest BCUT2D eigenvalue weighted by atomic mass is 9.98. The van der Waals surface area contributed by atoms with Crippen LogP contribution in [0.5, 0.6) is 0 Å². The second-order valence-corrected chi connectivity index (χ2v) is 16.6. The Balaban J connectivity index is 1.18. The lowest BCUT2D eigenvalue weighted by Gasteiger charge is -2.17. The fourth-order valence-electron chi connectivity index (χ4n) is 9.11. The molecule has 5 nitrogen and oxygen atoms in total. The molecule has 0 atom stereocenters. The molecule has 0 aliphatic rings. The number of aryl methyl sites for hydroxylation is 2. The minimum Gasteiger partial charge on any atom is -0.455 e. The first-order valence-electron chi connectivity index (χ1n) is 21.7. The van der Waals surface area contributed by atoms with Crippen molar-refractivity contribution in [3.05, 3.63) is 217 Å².